The Bertz CT molecular complexity index is 2320. The lowest BCUT2D eigenvalue weighted by Gasteiger charge is -2.38. The Morgan fingerprint density at radius 3 is 2.28 bits per heavy atom. The fourth-order valence-electron chi connectivity index (χ4n) is 8.70. The van der Waals surface area contributed by atoms with Crippen LogP contribution in [-0.4, -0.2) is 120 Å². The maximum absolute atomic E-state index is 14.8. The van der Waals surface area contributed by atoms with E-state index >= 15 is 0 Å². The molecule has 0 radical (unpaired) electrons. The van der Waals surface area contributed by atoms with Crippen LogP contribution >= 0.6 is 11.6 Å². The van der Waals surface area contributed by atoms with E-state index in [0.29, 0.717) is 11.4 Å². The van der Waals surface area contributed by atoms with Gasteiger partial charge in [0.15, 0.2) is 0 Å². The number of carbonyl (C=O) groups excluding carboxylic acids is 5. The van der Waals surface area contributed by atoms with Crippen molar-refractivity contribution in [3.63, 3.8) is 0 Å². The highest BCUT2D eigenvalue weighted by molar-refractivity contribution is 6.32. The Kier molecular flexibility index (Phi) is 15.3. The van der Waals surface area contributed by atoms with Gasteiger partial charge in [0, 0.05) is 73.5 Å². The van der Waals surface area contributed by atoms with Gasteiger partial charge in [0.25, 0.3) is 11.7 Å². The van der Waals surface area contributed by atoms with Gasteiger partial charge in [-0.25, -0.2) is 4.79 Å². The molecule has 9 atom stereocenters. The van der Waals surface area contributed by atoms with Crippen molar-refractivity contribution in [3.05, 3.63) is 105 Å². The van der Waals surface area contributed by atoms with Crippen molar-refractivity contribution in [2.24, 2.45) is 23.7 Å². The number of amides is 2. The van der Waals surface area contributed by atoms with Crippen molar-refractivity contribution in [1.29, 1.82) is 0 Å². The highest BCUT2D eigenvalue weighted by Gasteiger charge is 2.53. The fraction of sp³-hybridized carbons (Fsp3) is 0.479. The first kappa shape index (κ1) is 48.9. The van der Waals surface area contributed by atoms with E-state index in [4.69, 9.17) is 35.3 Å². The molecule has 65 heavy (non-hydrogen) atoms. The predicted molar refractivity (Wildman–Crippen MR) is 238 cm³/mol. The summed E-state index contributed by atoms with van der Waals surface area (Å²) < 4.78 is 29.5. The molecule has 0 saturated carbocycles. The number of Topliss-reactive ketones (excluding diaryl/α,β-unsaturated/α-hetero) is 3. The van der Waals surface area contributed by atoms with Gasteiger partial charge in [0.2, 0.25) is 11.6 Å². The number of ether oxygens (including phenoxy) is 5. The second-order valence-corrected chi connectivity index (χ2v) is 17.6. The van der Waals surface area contributed by atoms with Gasteiger partial charge in [-0.05, 0) is 44.0 Å². The number of benzene rings is 2. The van der Waals surface area contributed by atoms with Crippen LogP contribution in [0.3, 0.4) is 0 Å². The summed E-state index contributed by atoms with van der Waals surface area (Å²) >= 11 is 6.02. The number of fused-ring (bicyclic) bond motifs is 14. The average molecular weight is 920 g/mol. The Labute approximate surface area is 383 Å². The molecular formula is C48H58ClN3O13. The largest absolute Gasteiger partial charge is 0.507 e. The van der Waals surface area contributed by atoms with E-state index in [9.17, 15) is 39.3 Å². The zero-order valence-corrected chi connectivity index (χ0v) is 38.6. The standard InChI is InChI=1S/C48H58ClN3O13/c1-24-10-9-11-25(2)46(59)51-36-37(52-19-22-62-23-20-52)42(57)33-34(41(36)56)40(55)29(6)44-35(33)45(58)48(7,65-44)63-21-17-32(61-8)26(3)43(28(5)39(54)27(4)38(24)53)64-47(60)50-18-16-30-12-14-31(49)15-13-30/h9-15,17,21,24,26-28,32,38-39,43,53-55H,16,18-20,22-23H2,1-8H3,(H,50,60)(H,51,59)/t24-,26+,27+,28+,32-,38-,39+,43+,48-/m0/s1. The summed E-state index contributed by atoms with van der Waals surface area (Å²) in [5.74, 6) is -8.87. The van der Waals surface area contributed by atoms with E-state index in [1.165, 1.54) is 46.3 Å². The molecule has 0 spiro atoms. The summed E-state index contributed by atoms with van der Waals surface area (Å²) in [6.45, 7) is 12.1. The molecule has 4 heterocycles. The number of rotatable bonds is 6. The second kappa shape index (κ2) is 20.3. The summed E-state index contributed by atoms with van der Waals surface area (Å²) in [6, 6.07) is 7.20. The van der Waals surface area contributed by atoms with Crippen LogP contribution in [0, 0.1) is 30.6 Å². The van der Waals surface area contributed by atoms with E-state index in [1.54, 1.807) is 56.9 Å². The molecule has 5 bridgehead atoms. The minimum atomic E-state index is -2.11. The number of nitrogens with zero attached hydrogens (tertiary/aromatic N) is 1. The lowest BCUT2D eigenvalue weighted by Crippen LogP contribution is -2.48. The lowest BCUT2D eigenvalue weighted by atomic mass is 9.78. The molecule has 5 N–H and O–H groups in total. The van der Waals surface area contributed by atoms with Crippen LogP contribution in [0.25, 0.3) is 0 Å². The number of hydrogen-bond acceptors (Lipinski definition) is 14. The van der Waals surface area contributed by atoms with Crippen molar-refractivity contribution in [3.8, 4) is 11.5 Å². The van der Waals surface area contributed by atoms with Gasteiger partial charge >= 0.3 is 11.9 Å². The third kappa shape index (κ3) is 10.0. The number of allylic oxidation sites excluding steroid dienone is 4. The van der Waals surface area contributed by atoms with Gasteiger partial charge in [-0.15, -0.1) is 0 Å². The molecule has 4 aliphatic heterocycles. The van der Waals surface area contributed by atoms with Crippen LogP contribution in [-0.2, 0) is 30.2 Å². The maximum atomic E-state index is 14.8. The molecule has 0 aromatic heterocycles. The molecular weight excluding hydrogens is 862 g/mol. The molecule has 16 nitrogen and oxygen atoms in total. The summed E-state index contributed by atoms with van der Waals surface area (Å²) in [6.07, 6.45) is 2.88. The van der Waals surface area contributed by atoms with E-state index in [2.05, 4.69) is 10.6 Å². The molecule has 2 aromatic rings. The monoisotopic (exact) mass is 919 g/mol. The van der Waals surface area contributed by atoms with Crippen molar-refractivity contribution in [2.45, 2.75) is 85.1 Å². The zero-order valence-electron chi connectivity index (χ0n) is 37.8. The third-order valence-corrected chi connectivity index (χ3v) is 13.0. The summed E-state index contributed by atoms with van der Waals surface area (Å²) in [5, 5.41) is 40.9. The SMILES string of the molecule is CO[C@H]1C=CO[C@@]2(C)Oc3c(C)c(O)c4c(c3C2=O)C(=O)C(N2CCOCC2)=C(NC(=O)C(C)=CC=C[C@H](C)[C@H](O)[C@@H](C)[C@@H](O)[C@@H](C)[C@H](OC(=O)NCCc2ccc(Cl)cc2)[C@@H]1C)C4=O. The fourth-order valence-corrected chi connectivity index (χ4v) is 8.82. The summed E-state index contributed by atoms with van der Waals surface area (Å²) in [4.78, 5) is 72.6. The van der Waals surface area contributed by atoms with Crippen molar-refractivity contribution >= 4 is 41.0 Å². The first-order valence-corrected chi connectivity index (χ1v) is 22.1. The van der Waals surface area contributed by atoms with E-state index < -0.39 is 94.5 Å². The van der Waals surface area contributed by atoms with E-state index in [0.717, 1.165) is 5.56 Å². The minimum Gasteiger partial charge on any atom is -0.507 e. The number of ketones is 3. The van der Waals surface area contributed by atoms with Crippen LogP contribution < -0.4 is 15.4 Å². The lowest BCUT2D eigenvalue weighted by molar-refractivity contribution is -0.116. The van der Waals surface area contributed by atoms with Crippen molar-refractivity contribution < 1.29 is 63.0 Å². The van der Waals surface area contributed by atoms with E-state index in [-0.39, 0.29) is 72.3 Å². The van der Waals surface area contributed by atoms with Gasteiger partial charge in [-0.3, -0.25) is 19.2 Å². The molecule has 7 rings (SSSR count). The number of phenolic OH excluding ortho intramolecular Hbond substituents is 1. The number of aliphatic hydroxyl groups is 2. The van der Waals surface area contributed by atoms with Crippen molar-refractivity contribution in [1.82, 2.24) is 15.5 Å². The van der Waals surface area contributed by atoms with Crippen LogP contribution in [0.2, 0.25) is 5.02 Å². The highest BCUT2D eigenvalue weighted by Crippen LogP contribution is 2.49. The van der Waals surface area contributed by atoms with Crippen molar-refractivity contribution in [2.75, 3.05) is 40.0 Å². The molecule has 350 valence electrons. The zero-order chi connectivity index (χ0) is 47.5. The quantitative estimate of drug-likeness (QED) is 0.247. The average Bonchev–Trinajstić information content (AvgIpc) is 3.55. The number of alkyl carbamates (subject to hydrolysis) is 1. The number of methoxy groups -OCH3 is 1. The van der Waals surface area contributed by atoms with Crippen LogP contribution in [0.5, 0.6) is 11.5 Å². The maximum Gasteiger partial charge on any atom is 0.407 e. The first-order valence-electron chi connectivity index (χ1n) is 21.7. The number of carbonyl (C=O) groups is 5. The van der Waals surface area contributed by atoms with Gasteiger partial charge in [0.05, 0.1) is 54.5 Å². The molecule has 1 aliphatic carbocycles. The van der Waals surface area contributed by atoms with Crippen LogP contribution in [0.1, 0.15) is 83.7 Å². The summed E-state index contributed by atoms with van der Waals surface area (Å²) in [5.41, 5.74) is -0.606. The Morgan fingerprint density at radius 2 is 1.62 bits per heavy atom. The van der Waals surface area contributed by atoms with Gasteiger partial charge in [-0.2, -0.15) is 0 Å². The number of morpholine rings is 1. The Balaban J connectivity index is 1.40. The molecule has 5 aliphatic rings. The Hall–Kier alpha value is -5.52. The van der Waals surface area contributed by atoms with Crippen LogP contribution in [0.4, 0.5) is 4.79 Å². The minimum absolute atomic E-state index is 0.00954. The van der Waals surface area contributed by atoms with Gasteiger partial charge in [0.1, 0.15) is 29.0 Å². The number of hydrogen-bond donors (Lipinski definition) is 5. The normalized spacial score (nSPS) is 29.0. The molecule has 2 aromatic carbocycles. The number of aliphatic hydroxyl groups excluding tert-OH is 2. The van der Waals surface area contributed by atoms with Gasteiger partial charge < -0.3 is 54.5 Å². The number of halogens is 1. The summed E-state index contributed by atoms with van der Waals surface area (Å²) in [7, 11) is 1.42. The predicted octanol–water partition coefficient (Wildman–Crippen LogP) is 5.35. The topological polar surface area (TPSA) is 219 Å². The van der Waals surface area contributed by atoms with Crippen LogP contribution in [0.15, 0.2) is 71.8 Å². The molecule has 0 unspecified atom stereocenters. The number of nitrogens with one attached hydrogen (secondary N) is 2. The number of aromatic hydroxyl groups is 1. The number of phenols is 1. The Morgan fingerprint density at radius 1 is 0.938 bits per heavy atom. The molecule has 2 amide bonds. The molecule has 1 fully saturated rings. The third-order valence-electron chi connectivity index (χ3n) is 12.8. The second-order valence-electron chi connectivity index (χ2n) is 17.2. The highest BCUT2D eigenvalue weighted by atomic mass is 35.5. The smallest absolute Gasteiger partial charge is 0.407 e. The molecule has 1 saturated heterocycles. The van der Waals surface area contributed by atoms with E-state index in [1.807, 2.05) is 12.1 Å². The first-order chi connectivity index (χ1) is 30.8. The van der Waals surface area contributed by atoms with Gasteiger partial charge in [-0.1, -0.05) is 69.7 Å². The molecule has 17 heteroatoms.